The Balaban J connectivity index is 2.53. The van der Waals surface area contributed by atoms with Crippen LogP contribution >= 0.6 is 11.8 Å². The van der Waals surface area contributed by atoms with Gasteiger partial charge in [0.2, 0.25) is 0 Å². The van der Waals surface area contributed by atoms with E-state index in [-0.39, 0.29) is 11.7 Å². The number of nitrogens with zero attached hydrogens (tertiary/aromatic N) is 2. The lowest BCUT2D eigenvalue weighted by Crippen LogP contribution is -2.04. The molecule has 1 heterocycles. The fourth-order valence-electron chi connectivity index (χ4n) is 0.888. The van der Waals surface area contributed by atoms with Gasteiger partial charge in [0.25, 0.3) is 0 Å². The molecule has 1 N–H and O–H groups in total. The molecule has 1 aromatic heterocycles. The molecule has 0 fully saturated rings. The zero-order valence-corrected chi connectivity index (χ0v) is 9.50. The first-order valence-corrected chi connectivity index (χ1v) is 5.50. The second-order valence-corrected chi connectivity index (χ2v) is 3.63. The van der Waals surface area contributed by atoms with Crippen LogP contribution in [-0.2, 0) is 9.53 Å². The molecule has 0 atom stereocenters. The van der Waals surface area contributed by atoms with Crippen LogP contribution in [0.3, 0.4) is 0 Å². The van der Waals surface area contributed by atoms with Crippen molar-refractivity contribution in [2.75, 3.05) is 24.7 Å². The molecule has 0 bridgehead atoms. The zero-order valence-electron chi connectivity index (χ0n) is 8.69. The molecule has 6 heteroatoms. The van der Waals surface area contributed by atoms with Crippen LogP contribution in [0.4, 0.5) is 5.82 Å². The fraction of sp³-hybridized carbons (Fsp3) is 0.444. The highest BCUT2D eigenvalue weighted by Gasteiger charge is 2.03. The molecule has 0 aliphatic rings. The Bertz CT molecular complexity index is 333. The van der Waals surface area contributed by atoms with Gasteiger partial charge in [0, 0.05) is 12.6 Å². The first-order chi connectivity index (χ1) is 7.26. The molecule has 0 aliphatic heterocycles. The van der Waals surface area contributed by atoms with E-state index < -0.39 is 0 Å². The Hall–Kier alpha value is -1.30. The quantitative estimate of drug-likeness (QED) is 0.463. The van der Waals surface area contributed by atoms with Crippen LogP contribution in [0.2, 0.25) is 0 Å². The molecule has 0 saturated carbocycles. The predicted octanol–water partition coefficient (Wildman–Crippen LogP) is 1.17. The second-order valence-electron chi connectivity index (χ2n) is 2.64. The lowest BCUT2D eigenvalue weighted by molar-refractivity contribution is -0.137. The third-order valence-corrected chi connectivity index (χ3v) is 2.46. The van der Waals surface area contributed by atoms with Crippen molar-refractivity contribution in [2.24, 2.45) is 0 Å². The van der Waals surface area contributed by atoms with Gasteiger partial charge in [-0.05, 0) is 6.92 Å². The van der Waals surface area contributed by atoms with E-state index in [4.69, 9.17) is 0 Å². The number of carbonyl (C=O) groups is 1. The SMILES string of the molecule is CCNc1cc(SCC(=O)OC)ncn1. The van der Waals surface area contributed by atoms with Gasteiger partial charge in [0.1, 0.15) is 17.2 Å². The van der Waals surface area contributed by atoms with Crippen LogP contribution in [-0.4, -0.2) is 35.3 Å². The maximum atomic E-state index is 10.9. The average Bonchev–Trinajstić information content (AvgIpc) is 2.27. The van der Waals surface area contributed by atoms with Crippen molar-refractivity contribution in [2.45, 2.75) is 11.9 Å². The minimum absolute atomic E-state index is 0.261. The Morgan fingerprint density at radius 1 is 1.60 bits per heavy atom. The molecule has 1 aromatic rings. The number of hydrogen-bond acceptors (Lipinski definition) is 6. The summed E-state index contributed by atoms with van der Waals surface area (Å²) in [4.78, 5) is 19.0. The smallest absolute Gasteiger partial charge is 0.316 e. The van der Waals surface area contributed by atoms with Crippen molar-refractivity contribution in [3.05, 3.63) is 12.4 Å². The standard InChI is InChI=1S/C9H13N3O2S/c1-3-10-7-4-8(12-6-11-7)15-5-9(13)14-2/h4,6H,3,5H2,1-2H3,(H,10,11,12). The lowest BCUT2D eigenvalue weighted by Gasteiger charge is -2.03. The van der Waals surface area contributed by atoms with E-state index in [1.807, 2.05) is 6.92 Å². The molecule has 0 aliphatic carbocycles. The monoisotopic (exact) mass is 227 g/mol. The Morgan fingerprint density at radius 3 is 3.07 bits per heavy atom. The molecule has 15 heavy (non-hydrogen) atoms. The first-order valence-electron chi connectivity index (χ1n) is 4.51. The maximum Gasteiger partial charge on any atom is 0.316 e. The van der Waals surface area contributed by atoms with Crippen LogP contribution in [0, 0.1) is 0 Å². The third kappa shape index (κ3) is 4.16. The molecule has 0 amide bonds. The van der Waals surface area contributed by atoms with Crippen molar-refractivity contribution in [3.8, 4) is 0 Å². The summed E-state index contributed by atoms with van der Waals surface area (Å²) < 4.78 is 4.53. The van der Waals surface area contributed by atoms with Crippen molar-refractivity contribution < 1.29 is 9.53 Å². The number of esters is 1. The average molecular weight is 227 g/mol. The largest absolute Gasteiger partial charge is 0.468 e. The summed E-state index contributed by atoms with van der Waals surface area (Å²) in [5.74, 6) is 0.766. The number of ether oxygens (including phenoxy) is 1. The molecule has 0 saturated heterocycles. The van der Waals surface area contributed by atoms with E-state index in [1.165, 1.54) is 25.2 Å². The number of rotatable bonds is 5. The highest BCUT2D eigenvalue weighted by molar-refractivity contribution is 7.99. The third-order valence-electron chi connectivity index (χ3n) is 1.57. The van der Waals surface area contributed by atoms with Gasteiger partial charge in [0.05, 0.1) is 12.9 Å². The summed E-state index contributed by atoms with van der Waals surface area (Å²) in [6.07, 6.45) is 1.47. The molecular weight excluding hydrogens is 214 g/mol. The van der Waals surface area contributed by atoms with Crippen LogP contribution in [0.25, 0.3) is 0 Å². The molecule has 5 nitrogen and oxygen atoms in total. The number of methoxy groups -OCH3 is 1. The van der Waals surface area contributed by atoms with Crippen molar-refractivity contribution in [1.29, 1.82) is 0 Å². The number of carbonyl (C=O) groups excluding carboxylic acids is 1. The van der Waals surface area contributed by atoms with Gasteiger partial charge in [-0.25, -0.2) is 9.97 Å². The zero-order chi connectivity index (χ0) is 11.1. The van der Waals surface area contributed by atoms with E-state index in [0.29, 0.717) is 0 Å². The minimum atomic E-state index is -0.261. The van der Waals surface area contributed by atoms with Crippen LogP contribution < -0.4 is 5.32 Å². The number of aromatic nitrogens is 2. The first kappa shape index (κ1) is 11.8. The lowest BCUT2D eigenvalue weighted by atomic mass is 10.5. The maximum absolute atomic E-state index is 10.9. The van der Waals surface area contributed by atoms with Gasteiger partial charge in [-0.1, -0.05) is 11.8 Å². The number of thioether (sulfide) groups is 1. The predicted molar refractivity (Wildman–Crippen MR) is 58.9 cm³/mol. The van der Waals surface area contributed by atoms with E-state index in [1.54, 1.807) is 6.07 Å². The topological polar surface area (TPSA) is 64.1 Å². The van der Waals surface area contributed by atoms with Gasteiger partial charge in [-0.3, -0.25) is 4.79 Å². The Kier molecular flexibility index (Phi) is 4.89. The molecular formula is C9H13N3O2S. The molecule has 0 aromatic carbocycles. The van der Waals surface area contributed by atoms with Crippen LogP contribution in [0.15, 0.2) is 17.4 Å². The molecule has 0 spiro atoms. The van der Waals surface area contributed by atoms with Crippen molar-refractivity contribution in [1.82, 2.24) is 9.97 Å². The van der Waals surface area contributed by atoms with Crippen molar-refractivity contribution >= 4 is 23.5 Å². The normalized spacial score (nSPS) is 9.73. The van der Waals surface area contributed by atoms with Gasteiger partial charge >= 0.3 is 5.97 Å². The molecule has 0 unspecified atom stereocenters. The summed E-state index contributed by atoms with van der Waals surface area (Å²) in [6, 6.07) is 1.80. The van der Waals surface area contributed by atoms with Gasteiger partial charge in [0.15, 0.2) is 0 Å². The molecule has 82 valence electrons. The van der Waals surface area contributed by atoms with E-state index in [0.717, 1.165) is 17.4 Å². The van der Waals surface area contributed by atoms with Crippen molar-refractivity contribution in [3.63, 3.8) is 0 Å². The minimum Gasteiger partial charge on any atom is -0.468 e. The van der Waals surface area contributed by atoms with Crippen LogP contribution in [0.5, 0.6) is 0 Å². The summed E-state index contributed by atoms with van der Waals surface area (Å²) in [7, 11) is 1.37. The Labute approximate surface area is 92.6 Å². The molecule has 0 radical (unpaired) electrons. The number of nitrogens with one attached hydrogen (secondary N) is 1. The highest BCUT2D eigenvalue weighted by Crippen LogP contribution is 2.16. The van der Waals surface area contributed by atoms with Crippen LogP contribution in [0.1, 0.15) is 6.92 Å². The second kappa shape index (κ2) is 6.23. The number of anilines is 1. The summed E-state index contributed by atoms with van der Waals surface area (Å²) in [6.45, 7) is 2.79. The van der Waals surface area contributed by atoms with Gasteiger partial charge < -0.3 is 10.1 Å². The van der Waals surface area contributed by atoms with E-state index in [9.17, 15) is 4.79 Å². The summed E-state index contributed by atoms with van der Waals surface area (Å²) >= 11 is 1.33. The van der Waals surface area contributed by atoms with Gasteiger partial charge in [-0.15, -0.1) is 0 Å². The number of hydrogen-bond donors (Lipinski definition) is 1. The molecule has 1 rings (SSSR count). The fourth-order valence-corrected chi connectivity index (χ4v) is 1.59. The van der Waals surface area contributed by atoms with Gasteiger partial charge in [-0.2, -0.15) is 0 Å². The summed E-state index contributed by atoms with van der Waals surface area (Å²) in [5, 5.41) is 3.82. The Morgan fingerprint density at radius 2 is 2.40 bits per heavy atom. The van der Waals surface area contributed by atoms with E-state index >= 15 is 0 Å². The highest BCUT2D eigenvalue weighted by atomic mass is 32.2. The van der Waals surface area contributed by atoms with E-state index in [2.05, 4.69) is 20.0 Å². The summed E-state index contributed by atoms with van der Waals surface area (Å²) in [5.41, 5.74) is 0.